The summed E-state index contributed by atoms with van der Waals surface area (Å²) in [6.45, 7) is 3.87. The predicted octanol–water partition coefficient (Wildman–Crippen LogP) is 3.49. The standard InChI is InChI=1S/C17H30N4S.HI/c1-14-8-9-15(16(12-14)21(3)4)13-20-17(18-2)19-10-6-7-11-22-5;/h8-9,12H,6-7,10-11,13H2,1-5H3,(H2,18,19,20);1H. The summed E-state index contributed by atoms with van der Waals surface area (Å²) >= 11 is 1.90. The minimum Gasteiger partial charge on any atom is -0.377 e. The molecule has 1 rings (SSSR count). The van der Waals surface area contributed by atoms with Crippen LogP contribution in [0.3, 0.4) is 0 Å². The number of halogens is 1. The molecule has 4 nitrogen and oxygen atoms in total. The summed E-state index contributed by atoms with van der Waals surface area (Å²) in [5.41, 5.74) is 3.81. The zero-order valence-electron chi connectivity index (χ0n) is 15.0. The second-order valence-corrected chi connectivity index (χ2v) is 6.56. The second-order valence-electron chi connectivity index (χ2n) is 5.58. The molecule has 2 N–H and O–H groups in total. The first-order valence-electron chi connectivity index (χ1n) is 7.78. The lowest BCUT2D eigenvalue weighted by molar-refractivity contribution is 0.732. The minimum atomic E-state index is 0. The first-order valence-corrected chi connectivity index (χ1v) is 9.18. The maximum Gasteiger partial charge on any atom is 0.191 e. The molecule has 0 radical (unpaired) electrons. The number of aryl methyl sites for hydroxylation is 1. The van der Waals surface area contributed by atoms with Crippen molar-refractivity contribution in [2.24, 2.45) is 4.99 Å². The van der Waals surface area contributed by atoms with E-state index in [0.29, 0.717) is 0 Å². The fraction of sp³-hybridized carbons (Fsp3) is 0.588. The van der Waals surface area contributed by atoms with Gasteiger partial charge in [0.05, 0.1) is 0 Å². The number of nitrogens with one attached hydrogen (secondary N) is 2. The molecular weight excluding hydrogens is 419 g/mol. The smallest absolute Gasteiger partial charge is 0.191 e. The van der Waals surface area contributed by atoms with Crippen LogP contribution >= 0.6 is 35.7 Å². The van der Waals surface area contributed by atoms with Crippen molar-refractivity contribution in [2.45, 2.75) is 26.3 Å². The van der Waals surface area contributed by atoms with Crippen molar-refractivity contribution in [1.29, 1.82) is 0 Å². The highest BCUT2D eigenvalue weighted by atomic mass is 127. The van der Waals surface area contributed by atoms with Crippen molar-refractivity contribution in [1.82, 2.24) is 10.6 Å². The van der Waals surface area contributed by atoms with Crippen LogP contribution < -0.4 is 15.5 Å². The number of guanidine groups is 1. The van der Waals surface area contributed by atoms with E-state index in [1.807, 2.05) is 18.8 Å². The van der Waals surface area contributed by atoms with E-state index in [0.717, 1.165) is 19.0 Å². The topological polar surface area (TPSA) is 39.7 Å². The lowest BCUT2D eigenvalue weighted by atomic mass is 10.1. The number of anilines is 1. The number of nitrogens with zero attached hydrogens (tertiary/aromatic N) is 2. The van der Waals surface area contributed by atoms with Crippen molar-refractivity contribution >= 4 is 47.4 Å². The highest BCUT2D eigenvalue weighted by molar-refractivity contribution is 14.0. The van der Waals surface area contributed by atoms with Gasteiger partial charge in [-0.2, -0.15) is 11.8 Å². The van der Waals surface area contributed by atoms with Crippen LogP contribution in [-0.4, -0.2) is 45.7 Å². The van der Waals surface area contributed by atoms with E-state index in [1.54, 1.807) is 0 Å². The van der Waals surface area contributed by atoms with Gasteiger partial charge in [0, 0.05) is 39.9 Å². The fourth-order valence-corrected chi connectivity index (χ4v) is 2.71. The first kappa shape index (κ1) is 22.4. The summed E-state index contributed by atoms with van der Waals surface area (Å²) in [7, 11) is 5.98. The van der Waals surface area contributed by atoms with Crippen molar-refractivity contribution in [3.05, 3.63) is 29.3 Å². The third kappa shape index (κ3) is 8.69. The Morgan fingerprint density at radius 2 is 1.96 bits per heavy atom. The first-order chi connectivity index (χ1) is 10.6. The summed E-state index contributed by atoms with van der Waals surface area (Å²) in [5, 5.41) is 6.77. The molecule has 0 saturated carbocycles. The van der Waals surface area contributed by atoms with Gasteiger partial charge >= 0.3 is 0 Å². The maximum absolute atomic E-state index is 4.29. The van der Waals surface area contributed by atoms with Crippen LogP contribution in [0, 0.1) is 6.92 Å². The lowest BCUT2D eigenvalue weighted by Gasteiger charge is -2.19. The van der Waals surface area contributed by atoms with E-state index in [4.69, 9.17) is 0 Å². The summed E-state index contributed by atoms with van der Waals surface area (Å²) < 4.78 is 0. The van der Waals surface area contributed by atoms with Gasteiger partial charge in [0.2, 0.25) is 0 Å². The second kappa shape index (κ2) is 12.8. The molecule has 0 saturated heterocycles. The van der Waals surface area contributed by atoms with E-state index < -0.39 is 0 Å². The molecule has 0 atom stereocenters. The highest BCUT2D eigenvalue weighted by Gasteiger charge is 2.06. The molecule has 23 heavy (non-hydrogen) atoms. The summed E-state index contributed by atoms with van der Waals surface area (Å²) in [6, 6.07) is 6.56. The van der Waals surface area contributed by atoms with E-state index in [-0.39, 0.29) is 24.0 Å². The molecular formula is C17H31IN4S. The third-order valence-electron chi connectivity index (χ3n) is 3.46. The SMILES string of the molecule is CN=C(NCCCCSC)NCc1ccc(C)cc1N(C)C.I. The van der Waals surface area contributed by atoms with Crippen LogP contribution in [0.4, 0.5) is 5.69 Å². The maximum atomic E-state index is 4.29. The zero-order chi connectivity index (χ0) is 16.4. The molecule has 0 amide bonds. The normalized spacial score (nSPS) is 10.9. The number of hydrogen-bond acceptors (Lipinski definition) is 3. The van der Waals surface area contributed by atoms with Gasteiger partial charge in [-0.25, -0.2) is 0 Å². The van der Waals surface area contributed by atoms with Crippen molar-refractivity contribution in [3.63, 3.8) is 0 Å². The van der Waals surface area contributed by atoms with E-state index in [2.05, 4.69) is 66.0 Å². The van der Waals surface area contributed by atoms with Crippen LogP contribution in [0.25, 0.3) is 0 Å². The molecule has 132 valence electrons. The Hall–Kier alpha value is -0.630. The summed E-state index contributed by atoms with van der Waals surface area (Å²) in [6.07, 6.45) is 4.57. The molecule has 0 spiro atoms. The highest BCUT2D eigenvalue weighted by Crippen LogP contribution is 2.20. The van der Waals surface area contributed by atoms with Crippen molar-refractivity contribution in [3.8, 4) is 0 Å². The molecule has 0 bridgehead atoms. The predicted molar refractivity (Wildman–Crippen MR) is 117 cm³/mol. The molecule has 0 aliphatic carbocycles. The van der Waals surface area contributed by atoms with Crippen LogP contribution in [0.1, 0.15) is 24.0 Å². The van der Waals surface area contributed by atoms with Crippen molar-refractivity contribution in [2.75, 3.05) is 44.6 Å². The lowest BCUT2D eigenvalue weighted by Crippen LogP contribution is -2.37. The Labute approximate surface area is 162 Å². The van der Waals surface area contributed by atoms with Gasteiger partial charge in [-0.15, -0.1) is 24.0 Å². The molecule has 0 aromatic heterocycles. The third-order valence-corrected chi connectivity index (χ3v) is 4.16. The average Bonchev–Trinajstić information content (AvgIpc) is 2.50. The Bertz CT molecular complexity index is 478. The molecule has 0 unspecified atom stereocenters. The fourth-order valence-electron chi connectivity index (χ4n) is 2.22. The molecule has 1 aromatic rings. The van der Waals surface area contributed by atoms with E-state index in [1.165, 1.54) is 35.4 Å². The number of aliphatic imine (C=N–C) groups is 1. The summed E-state index contributed by atoms with van der Waals surface area (Å²) in [5.74, 6) is 2.10. The molecule has 0 fully saturated rings. The molecule has 0 aliphatic heterocycles. The van der Waals surface area contributed by atoms with Gasteiger partial charge in [-0.05, 0) is 49.0 Å². The van der Waals surface area contributed by atoms with Crippen LogP contribution in [0.15, 0.2) is 23.2 Å². The number of hydrogen-bond donors (Lipinski definition) is 2. The quantitative estimate of drug-likeness (QED) is 0.275. The van der Waals surface area contributed by atoms with Gasteiger partial charge < -0.3 is 15.5 Å². The largest absolute Gasteiger partial charge is 0.377 e. The Kier molecular flexibility index (Phi) is 12.4. The minimum absolute atomic E-state index is 0. The Balaban J connectivity index is 0.00000484. The summed E-state index contributed by atoms with van der Waals surface area (Å²) in [4.78, 5) is 6.44. The monoisotopic (exact) mass is 450 g/mol. The van der Waals surface area contributed by atoms with E-state index >= 15 is 0 Å². The number of rotatable bonds is 8. The van der Waals surface area contributed by atoms with Crippen LogP contribution in [0.2, 0.25) is 0 Å². The van der Waals surface area contributed by atoms with Gasteiger partial charge in [0.15, 0.2) is 5.96 Å². The Morgan fingerprint density at radius 1 is 1.22 bits per heavy atom. The van der Waals surface area contributed by atoms with Gasteiger partial charge in [0.25, 0.3) is 0 Å². The molecule has 6 heteroatoms. The molecule has 0 heterocycles. The number of unbranched alkanes of at least 4 members (excludes halogenated alkanes) is 1. The van der Waals surface area contributed by atoms with Crippen molar-refractivity contribution < 1.29 is 0 Å². The van der Waals surface area contributed by atoms with Crippen LogP contribution in [-0.2, 0) is 6.54 Å². The number of benzene rings is 1. The van der Waals surface area contributed by atoms with Gasteiger partial charge in [-0.1, -0.05) is 12.1 Å². The zero-order valence-corrected chi connectivity index (χ0v) is 18.1. The molecule has 1 aromatic carbocycles. The molecule has 0 aliphatic rings. The number of thioether (sulfide) groups is 1. The Morgan fingerprint density at radius 3 is 2.57 bits per heavy atom. The van der Waals surface area contributed by atoms with Gasteiger partial charge in [0.1, 0.15) is 0 Å². The average molecular weight is 450 g/mol. The van der Waals surface area contributed by atoms with E-state index in [9.17, 15) is 0 Å². The van der Waals surface area contributed by atoms with Crippen LogP contribution in [0.5, 0.6) is 0 Å². The van der Waals surface area contributed by atoms with Gasteiger partial charge in [-0.3, -0.25) is 4.99 Å².